The normalized spacial score (nSPS) is 39.5. The lowest BCUT2D eigenvalue weighted by molar-refractivity contribution is 0.0381. The Morgan fingerprint density at radius 1 is 1.08 bits per heavy atom. The summed E-state index contributed by atoms with van der Waals surface area (Å²) in [5.74, 6) is 6.65. The van der Waals surface area contributed by atoms with Crippen molar-refractivity contribution in [3.63, 3.8) is 0 Å². The van der Waals surface area contributed by atoms with Gasteiger partial charge in [0.1, 0.15) is 0 Å². The van der Waals surface area contributed by atoms with Gasteiger partial charge in [0.05, 0.1) is 0 Å². The van der Waals surface area contributed by atoms with Gasteiger partial charge in [-0.05, 0) is 18.8 Å². The van der Waals surface area contributed by atoms with Crippen LogP contribution in [0.5, 0.6) is 0 Å². The van der Waals surface area contributed by atoms with Crippen LogP contribution >= 0.6 is 0 Å². The Labute approximate surface area is 74.5 Å². The smallest absolute Gasteiger partial charge is 0.0257 e. The molecule has 2 aliphatic rings. The van der Waals surface area contributed by atoms with Crippen LogP contribution in [0.1, 0.15) is 19.8 Å². The number of nitrogens with zero attached hydrogens (tertiary/aromatic N) is 2. The zero-order valence-corrected chi connectivity index (χ0v) is 7.87. The number of hydrazine groups is 1. The van der Waals surface area contributed by atoms with Crippen molar-refractivity contribution < 1.29 is 0 Å². The SMILES string of the molecule is CC1CC(N2CCN(N)CC2)C1. The van der Waals surface area contributed by atoms with Crippen molar-refractivity contribution in [2.75, 3.05) is 26.2 Å². The molecule has 0 unspecified atom stereocenters. The number of piperazine rings is 1. The van der Waals surface area contributed by atoms with E-state index in [1.807, 2.05) is 5.01 Å². The molecule has 2 fully saturated rings. The number of rotatable bonds is 1. The molecule has 0 radical (unpaired) electrons. The van der Waals surface area contributed by atoms with Crippen LogP contribution in [0, 0.1) is 5.92 Å². The van der Waals surface area contributed by atoms with Crippen molar-refractivity contribution >= 4 is 0 Å². The van der Waals surface area contributed by atoms with Gasteiger partial charge in [0.2, 0.25) is 0 Å². The van der Waals surface area contributed by atoms with Crippen molar-refractivity contribution in [1.82, 2.24) is 9.91 Å². The summed E-state index contributed by atoms with van der Waals surface area (Å²) in [5, 5.41) is 1.93. The van der Waals surface area contributed by atoms with Crippen molar-refractivity contribution in [3.8, 4) is 0 Å². The van der Waals surface area contributed by atoms with Gasteiger partial charge in [0.15, 0.2) is 0 Å². The quantitative estimate of drug-likeness (QED) is 0.572. The summed E-state index contributed by atoms with van der Waals surface area (Å²) in [6.45, 7) is 6.78. The molecule has 3 heteroatoms. The summed E-state index contributed by atoms with van der Waals surface area (Å²) in [6, 6.07) is 0.883. The van der Waals surface area contributed by atoms with E-state index < -0.39 is 0 Å². The fraction of sp³-hybridized carbons (Fsp3) is 1.00. The number of hydrogen-bond acceptors (Lipinski definition) is 3. The van der Waals surface area contributed by atoms with E-state index >= 15 is 0 Å². The fourth-order valence-corrected chi connectivity index (χ4v) is 2.26. The molecule has 2 rings (SSSR count). The molecule has 0 aromatic heterocycles. The van der Waals surface area contributed by atoms with Gasteiger partial charge >= 0.3 is 0 Å². The van der Waals surface area contributed by atoms with Crippen LogP contribution in [-0.4, -0.2) is 42.1 Å². The largest absolute Gasteiger partial charge is 0.298 e. The van der Waals surface area contributed by atoms with E-state index in [4.69, 9.17) is 5.84 Å². The molecule has 70 valence electrons. The highest BCUT2D eigenvalue weighted by molar-refractivity contribution is 4.86. The molecule has 0 bridgehead atoms. The van der Waals surface area contributed by atoms with Gasteiger partial charge in [0, 0.05) is 32.2 Å². The minimum atomic E-state index is 0.883. The summed E-state index contributed by atoms with van der Waals surface area (Å²) in [4.78, 5) is 2.60. The van der Waals surface area contributed by atoms with E-state index in [-0.39, 0.29) is 0 Å². The van der Waals surface area contributed by atoms with Crippen LogP contribution in [0.3, 0.4) is 0 Å². The monoisotopic (exact) mass is 169 g/mol. The van der Waals surface area contributed by atoms with E-state index in [1.54, 1.807) is 0 Å². The van der Waals surface area contributed by atoms with Crippen molar-refractivity contribution in [3.05, 3.63) is 0 Å². The van der Waals surface area contributed by atoms with E-state index in [1.165, 1.54) is 25.9 Å². The minimum absolute atomic E-state index is 0.883. The maximum atomic E-state index is 5.69. The zero-order valence-electron chi connectivity index (χ0n) is 7.87. The lowest BCUT2D eigenvalue weighted by atomic mass is 9.80. The predicted molar refractivity (Wildman–Crippen MR) is 49.5 cm³/mol. The van der Waals surface area contributed by atoms with Gasteiger partial charge in [-0.3, -0.25) is 10.7 Å². The molecule has 12 heavy (non-hydrogen) atoms. The van der Waals surface area contributed by atoms with E-state index in [2.05, 4.69) is 11.8 Å². The summed E-state index contributed by atoms with van der Waals surface area (Å²) in [6.07, 6.45) is 2.81. The number of nitrogens with two attached hydrogens (primary N) is 1. The Morgan fingerprint density at radius 2 is 1.67 bits per heavy atom. The molecule has 1 aliphatic heterocycles. The first-order valence-corrected chi connectivity index (χ1v) is 4.99. The third-order valence-corrected chi connectivity index (χ3v) is 3.21. The van der Waals surface area contributed by atoms with Gasteiger partial charge in [-0.25, -0.2) is 5.01 Å². The Morgan fingerprint density at radius 3 is 2.17 bits per heavy atom. The summed E-state index contributed by atoms with van der Waals surface area (Å²) in [5.41, 5.74) is 0. The van der Waals surface area contributed by atoms with Crippen molar-refractivity contribution in [2.24, 2.45) is 11.8 Å². The average molecular weight is 169 g/mol. The highest BCUT2D eigenvalue weighted by Gasteiger charge is 2.31. The van der Waals surface area contributed by atoms with E-state index in [0.29, 0.717) is 0 Å². The molecule has 0 aromatic rings. The van der Waals surface area contributed by atoms with Crippen LogP contribution in [0.15, 0.2) is 0 Å². The van der Waals surface area contributed by atoms with Crippen LogP contribution in [0.4, 0.5) is 0 Å². The molecule has 1 aliphatic carbocycles. The second-order valence-corrected chi connectivity index (χ2v) is 4.30. The van der Waals surface area contributed by atoms with E-state index in [9.17, 15) is 0 Å². The molecule has 0 amide bonds. The Balaban J connectivity index is 1.75. The first kappa shape index (κ1) is 8.48. The number of hydrogen-bond donors (Lipinski definition) is 1. The topological polar surface area (TPSA) is 32.5 Å². The summed E-state index contributed by atoms with van der Waals surface area (Å²) < 4.78 is 0. The predicted octanol–water partition coefficient (Wildman–Crippen LogP) is 0.276. The third kappa shape index (κ3) is 1.63. The van der Waals surface area contributed by atoms with Gasteiger partial charge in [-0.2, -0.15) is 0 Å². The molecule has 1 saturated carbocycles. The van der Waals surface area contributed by atoms with Gasteiger partial charge in [-0.1, -0.05) is 6.92 Å². The lowest BCUT2D eigenvalue weighted by Crippen LogP contribution is -2.55. The molecule has 0 aromatic carbocycles. The van der Waals surface area contributed by atoms with E-state index in [0.717, 1.165) is 25.0 Å². The molecular formula is C9H19N3. The van der Waals surface area contributed by atoms with Crippen molar-refractivity contribution in [2.45, 2.75) is 25.8 Å². The molecular weight excluding hydrogens is 150 g/mol. The van der Waals surface area contributed by atoms with Crippen LogP contribution in [0.25, 0.3) is 0 Å². The molecule has 1 heterocycles. The summed E-state index contributed by atoms with van der Waals surface area (Å²) >= 11 is 0. The maximum Gasteiger partial charge on any atom is 0.0257 e. The summed E-state index contributed by atoms with van der Waals surface area (Å²) in [7, 11) is 0. The third-order valence-electron chi connectivity index (χ3n) is 3.21. The Bertz CT molecular complexity index is 146. The van der Waals surface area contributed by atoms with Crippen LogP contribution in [0.2, 0.25) is 0 Å². The molecule has 3 nitrogen and oxygen atoms in total. The first-order valence-electron chi connectivity index (χ1n) is 4.99. The zero-order chi connectivity index (χ0) is 8.55. The molecule has 0 atom stereocenters. The Hall–Kier alpha value is -0.120. The highest BCUT2D eigenvalue weighted by atomic mass is 15.4. The molecule has 2 N–H and O–H groups in total. The lowest BCUT2D eigenvalue weighted by Gasteiger charge is -2.44. The van der Waals surface area contributed by atoms with Crippen molar-refractivity contribution in [1.29, 1.82) is 0 Å². The highest BCUT2D eigenvalue weighted by Crippen LogP contribution is 2.31. The van der Waals surface area contributed by atoms with Crippen LogP contribution in [-0.2, 0) is 0 Å². The average Bonchev–Trinajstić information content (AvgIpc) is 2.01. The van der Waals surface area contributed by atoms with Gasteiger partial charge in [0.25, 0.3) is 0 Å². The minimum Gasteiger partial charge on any atom is -0.298 e. The molecule has 1 saturated heterocycles. The second-order valence-electron chi connectivity index (χ2n) is 4.30. The maximum absolute atomic E-state index is 5.69. The van der Waals surface area contributed by atoms with Crippen LogP contribution < -0.4 is 5.84 Å². The van der Waals surface area contributed by atoms with Gasteiger partial charge < -0.3 is 0 Å². The van der Waals surface area contributed by atoms with Gasteiger partial charge in [-0.15, -0.1) is 0 Å². The standard InChI is InChI=1S/C9H19N3/c1-8-6-9(7-8)11-2-4-12(10)5-3-11/h8-9H,2-7,10H2,1H3. The fourth-order valence-electron chi connectivity index (χ4n) is 2.26. The molecule has 0 spiro atoms. The second kappa shape index (κ2) is 3.32. The first-order chi connectivity index (χ1) is 5.75. The Kier molecular flexibility index (Phi) is 2.35.